The number of rotatable bonds is 14. The molecule has 6 atom stereocenters. The van der Waals surface area contributed by atoms with Gasteiger partial charge in [0.1, 0.15) is 12.1 Å². The number of hydrogen-bond donors (Lipinski definition) is 6. The number of nitrogens with one attached hydrogen (secondary N) is 2. The second-order valence-electron chi connectivity index (χ2n) is 12.9. The molecule has 22 nitrogen and oxygen atoms in total. The molecule has 0 aromatic carbocycles. The predicted molar refractivity (Wildman–Crippen MR) is 161 cm³/mol. The molecule has 4 bridgehead atoms. The Bertz CT molecular complexity index is 1480. The van der Waals surface area contributed by atoms with Gasteiger partial charge >= 0.3 is 32.9 Å². The Morgan fingerprint density at radius 2 is 1.08 bits per heavy atom. The lowest BCUT2D eigenvalue weighted by Crippen LogP contribution is -2.50. The lowest BCUT2D eigenvalue weighted by atomic mass is 9.80. The fourth-order valence-corrected chi connectivity index (χ4v) is 7.20. The minimum atomic E-state index is -4.81. The number of piperidine rings is 2. The van der Waals surface area contributed by atoms with E-state index in [0.717, 1.165) is 32.1 Å². The van der Waals surface area contributed by atoms with Crippen LogP contribution in [0.25, 0.3) is 0 Å². The maximum atomic E-state index is 12.3. The summed E-state index contributed by atoms with van der Waals surface area (Å²) in [6.45, 7) is 0.650. The molecule has 6 amide bonds. The topological polar surface area (TPSA) is 303 Å². The molecule has 6 aliphatic rings. The Labute approximate surface area is 282 Å². The minimum Gasteiger partial charge on any atom is -0.325 e. The Kier molecular flexibility index (Phi) is 11.5. The van der Waals surface area contributed by atoms with Crippen molar-refractivity contribution in [2.24, 2.45) is 23.3 Å². The van der Waals surface area contributed by atoms with Crippen LogP contribution < -0.4 is 22.4 Å². The summed E-state index contributed by atoms with van der Waals surface area (Å²) in [6.07, 6.45) is 6.78. The normalized spacial score (nSPS) is 28.1. The van der Waals surface area contributed by atoms with Gasteiger partial charge in [0.25, 0.3) is 11.8 Å². The van der Waals surface area contributed by atoms with E-state index in [1.807, 2.05) is 0 Å². The lowest BCUT2D eigenvalue weighted by Gasteiger charge is -2.31. The zero-order valence-electron chi connectivity index (χ0n) is 26.4. The van der Waals surface area contributed by atoms with E-state index in [-0.39, 0.29) is 38.4 Å². The fraction of sp³-hybridized carbons (Fsp3) is 0.840. The average Bonchev–Trinajstić information content (AvgIpc) is 3.79. The van der Waals surface area contributed by atoms with E-state index in [1.165, 1.54) is 9.80 Å². The summed E-state index contributed by atoms with van der Waals surface area (Å²) in [5, 5.41) is 1.18. The molecule has 6 fully saturated rings. The van der Waals surface area contributed by atoms with Gasteiger partial charge in [0.05, 0.1) is 25.3 Å². The number of carbonyl (C=O) groups is 4. The number of nitrogens with two attached hydrogens (primary N) is 2. The summed E-state index contributed by atoms with van der Waals surface area (Å²) in [5.41, 5.74) is 16.4. The van der Waals surface area contributed by atoms with Gasteiger partial charge in [-0.3, -0.25) is 28.4 Å². The number of hydroxylamine groups is 6. The fourth-order valence-electron chi connectivity index (χ4n) is 6.43. The second-order valence-corrected chi connectivity index (χ2v) is 14.9. The molecule has 4 saturated heterocycles. The first-order chi connectivity index (χ1) is 23.0. The van der Waals surface area contributed by atoms with Crippen LogP contribution in [0.5, 0.6) is 0 Å². The zero-order chi connectivity index (χ0) is 35.7. The smallest absolute Gasteiger partial charge is 0.325 e. The SMILES string of the molecule is NC(CONC(=O)[C@@H]1CC[C@@H]2CN1C(=O)N2OS(=O)(=O)O)C1CC1.NC(CONC(=O)[C@@H]1CC[C@@H]2CN1C(=O)N2OS(=O)(=O)O)C1CCC1. The van der Waals surface area contributed by atoms with Gasteiger partial charge in [-0.25, -0.2) is 20.5 Å². The van der Waals surface area contributed by atoms with Crippen molar-refractivity contribution in [2.75, 3.05) is 26.3 Å². The van der Waals surface area contributed by atoms with Gasteiger partial charge in [0.15, 0.2) is 0 Å². The van der Waals surface area contributed by atoms with Crippen molar-refractivity contribution >= 4 is 44.7 Å². The van der Waals surface area contributed by atoms with Gasteiger partial charge in [-0.05, 0) is 63.2 Å². The summed E-state index contributed by atoms with van der Waals surface area (Å²) in [4.78, 5) is 61.5. The molecule has 2 saturated carbocycles. The number of hydrogen-bond acceptors (Lipinski definition) is 14. The first-order valence-corrected chi connectivity index (χ1v) is 18.6. The zero-order valence-corrected chi connectivity index (χ0v) is 28.0. The Morgan fingerprint density at radius 1 is 0.694 bits per heavy atom. The first-order valence-electron chi connectivity index (χ1n) is 15.9. The van der Waals surface area contributed by atoms with Crippen molar-refractivity contribution in [1.82, 2.24) is 30.9 Å². The highest BCUT2D eigenvalue weighted by atomic mass is 32.3. The van der Waals surface area contributed by atoms with Crippen molar-refractivity contribution in [2.45, 2.75) is 94.0 Å². The van der Waals surface area contributed by atoms with Crippen LogP contribution in [-0.4, -0.2) is 132 Å². The van der Waals surface area contributed by atoms with Gasteiger partial charge < -0.3 is 21.3 Å². The van der Waals surface area contributed by atoms with E-state index in [0.29, 0.717) is 47.6 Å². The third-order valence-corrected chi connectivity index (χ3v) is 10.2. The maximum absolute atomic E-state index is 12.3. The second kappa shape index (κ2) is 15.1. The maximum Gasteiger partial charge on any atom is 0.418 e. The quantitative estimate of drug-likeness (QED) is 0.0823. The Balaban J connectivity index is 0.000000191. The van der Waals surface area contributed by atoms with Gasteiger partial charge in [0, 0.05) is 25.2 Å². The summed E-state index contributed by atoms with van der Waals surface area (Å²) in [6, 6.07) is -4.50. The van der Waals surface area contributed by atoms with Crippen LogP contribution in [0, 0.1) is 11.8 Å². The molecule has 0 aromatic rings. The molecule has 6 rings (SSSR count). The predicted octanol–water partition coefficient (Wildman–Crippen LogP) is -2.06. The van der Waals surface area contributed by atoms with Crippen molar-refractivity contribution in [3.8, 4) is 0 Å². The molecular formula is C25H42N8O14S2. The largest absolute Gasteiger partial charge is 0.418 e. The minimum absolute atomic E-state index is 0.131. The average molecular weight is 743 g/mol. The van der Waals surface area contributed by atoms with Gasteiger partial charge in [-0.15, -0.1) is 8.57 Å². The molecule has 4 heterocycles. The van der Waals surface area contributed by atoms with E-state index in [4.69, 9.17) is 30.2 Å². The molecule has 278 valence electrons. The molecule has 2 aliphatic carbocycles. The van der Waals surface area contributed by atoms with Gasteiger partial charge in [0.2, 0.25) is 0 Å². The van der Waals surface area contributed by atoms with E-state index in [1.54, 1.807) is 0 Å². The van der Waals surface area contributed by atoms with Crippen LogP contribution in [0.2, 0.25) is 0 Å². The highest BCUT2D eigenvalue weighted by Crippen LogP contribution is 2.33. The number of amides is 6. The standard InChI is InChI=1S/C13H22N4O7S.C12H20N4O7S/c14-10(8-2-1-3-8)7-23-15-12(18)11-5-4-9-6-16(11)13(19)17(9)24-25(20,21)22;13-9(7-1-2-7)6-22-14-11(17)10-4-3-8-5-15(10)12(18)16(8)23-24(19,20)21/h8-11H,1-7,14H2,(H,15,18)(H,20,21,22);7-10H,1-6,13H2,(H,14,17)(H,19,20,21)/t9-,10?,11+;8-,9?,10+/m11/s1. The lowest BCUT2D eigenvalue weighted by molar-refractivity contribution is -0.140. The number of fused-ring (bicyclic) bond motifs is 4. The molecule has 24 heteroatoms. The van der Waals surface area contributed by atoms with Crippen molar-refractivity contribution in [3.63, 3.8) is 0 Å². The molecule has 8 N–H and O–H groups in total. The van der Waals surface area contributed by atoms with E-state index < -0.39 is 68.8 Å². The van der Waals surface area contributed by atoms with E-state index in [9.17, 15) is 36.0 Å². The highest BCUT2D eigenvalue weighted by molar-refractivity contribution is 7.81. The van der Waals surface area contributed by atoms with Crippen molar-refractivity contribution < 1.29 is 63.4 Å². The first kappa shape index (κ1) is 37.3. The summed E-state index contributed by atoms with van der Waals surface area (Å²) >= 11 is 0. The Hall–Kier alpha value is -2.94. The highest BCUT2D eigenvalue weighted by Gasteiger charge is 2.50. The third-order valence-electron chi connectivity index (χ3n) is 9.48. The summed E-state index contributed by atoms with van der Waals surface area (Å²) < 4.78 is 69.4. The van der Waals surface area contributed by atoms with Crippen LogP contribution in [-0.2, 0) is 48.6 Å². The molecule has 49 heavy (non-hydrogen) atoms. The van der Waals surface area contributed by atoms with Crippen LogP contribution in [0.1, 0.15) is 57.8 Å². The van der Waals surface area contributed by atoms with Crippen LogP contribution in [0.15, 0.2) is 0 Å². The number of nitrogens with zero attached hydrogens (tertiary/aromatic N) is 4. The summed E-state index contributed by atoms with van der Waals surface area (Å²) in [5.74, 6) is -0.151. The molecule has 4 aliphatic heterocycles. The Morgan fingerprint density at radius 3 is 1.41 bits per heavy atom. The molecule has 0 radical (unpaired) electrons. The van der Waals surface area contributed by atoms with Crippen molar-refractivity contribution in [1.29, 1.82) is 0 Å². The van der Waals surface area contributed by atoms with E-state index in [2.05, 4.69) is 19.5 Å². The van der Waals surface area contributed by atoms with Gasteiger partial charge in [-0.2, -0.15) is 27.0 Å². The van der Waals surface area contributed by atoms with E-state index >= 15 is 0 Å². The monoisotopic (exact) mass is 742 g/mol. The molecule has 2 unspecified atom stereocenters. The van der Waals surface area contributed by atoms with Crippen LogP contribution >= 0.6 is 0 Å². The number of carbonyl (C=O) groups excluding carboxylic acids is 4. The molecular weight excluding hydrogens is 700 g/mol. The molecule has 0 aromatic heterocycles. The molecule has 0 spiro atoms. The number of urea groups is 2. The third kappa shape index (κ3) is 9.44. The van der Waals surface area contributed by atoms with Gasteiger partial charge in [-0.1, -0.05) is 6.42 Å². The van der Waals surface area contributed by atoms with Crippen LogP contribution in [0.4, 0.5) is 9.59 Å². The van der Waals surface area contributed by atoms with Crippen molar-refractivity contribution in [3.05, 3.63) is 0 Å². The van der Waals surface area contributed by atoms with Crippen LogP contribution in [0.3, 0.4) is 0 Å². The summed E-state index contributed by atoms with van der Waals surface area (Å²) in [7, 11) is -9.61.